The highest BCUT2D eigenvalue weighted by molar-refractivity contribution is 9.10. The lowest BCUT2D eigenvalue weighted by atomic mass is 10.2. The number of ether oxygens (including phenoxy) is 2. The SMILES string of the molecule is CS(=O)(=O)c1ccc(Oc2ccc(C(=O)NCc3ccc(Br)cc3OC(F)(F)F)cn2)cc1. The van der Waals surface area contributed by atoms with Crippen LogP contribution in [0.2, 0.25) is 0 Å². The molecular formula is C21H16BrF3N2O5S. The lowest BCUT2D eigenvalue weighted by molar-refractivity contribution is -0.274. The summed E-state index contributed by atoms with van der Waals surface area (Å²) in [6.45, 7) is -0.206. The third kappa shape index (κ3) is 7.19. The molecule has 7 nitrogen and oxygen atoms in total. The summed E-state index contributed by atoms with van der Waals surface area (Å²) in [6, 6.07) is 12.7. The van der Waals surface area contributed by atoms with Gasteiger partial charge in [-0.15, -0.1) is 13.2 Å². The van der Waals surface area contributed by atoms with Gasteiger partial charge in [-0.3, -0.25) is 4.79 Å². The average Bonchev–Trinajstić information content (AvgIpc) is 2.72. The van der Waals surface area contributed by atoms with Crippen LogP contribution in [0.3, 0.4) is 0 Å². The lowest BCUT2D eigenvalue weighted by Crippen LogP contribution is -2.24. The molecule has 1 aromatic heterocycles. The number of carbonyl (C=O) groups excluding carboxylic acids is 1. The molecule has 0 aliphatic rings. The van der Waals surface area contributed by atoms with Crippen molar-refractivity contribution >= 4 is 31.7 Å². The average molecular weight is 545 g/mol. The number of hydrogen-bond donors (Lipinski definition) is 1. The van der Waals surface area contributed by atoms with Crippen molar-refractivity contribution in [2.45, 2.75) is 17.8 Å². The molecule has 12 heteroatoms. The van der Waals surface area contributed by atoms with E-state index in [4.69, 9.17) is 4.74 Å². The molecule has 1 heterocycles. The maximum absolute atomic E-state index is 12.6. The van der Waals surface area contributed by atoms with Gasteiger partial charge >= 0.3 is 6.36 Å². The van der Waals surface area contributed by atoms with Crippen LogP contribution < -0.4 is 14.8 Å². The highest BCUT2D eigenvalue weighted by Gasteiger charge is 2.32. The molecule has 2 aromatic carbocycles. The number of carbonyl (C=O) groups is 1. The molecule has 0 unspecified atom stereocenters. The van der Waals surface area contributed by atoms with Gasteiger partial charge in [0.15, 0.2) is 9.84 Å². The van der Waals surface area contributed by atoms with Crippen LogP contribution in [0.25, 0.3) is 0 Å². The standard InChI is InChI=1S/C21H16BrF3N2O5S/c1-33(29,30)17-7-5-16(6-8-17)31-19-9-3-14(12-26-19)20(28)27-11-13-2-4-15(22)10-18(13)32-21(23,24)25/h2-10,12H,11H2,1H3,(H,27,28). The minimum absolute atomic E-state index is 0.134. The zero-order valence-corrected chi connectivity index (χ0v) is 19.3. The van der Waals surface area contributed by atoms with Crippen molar-refractivity contribution in [3.8, 4) is 17.4 Å². The first-order chi connectivity index (χ1) is 15.4. The Morgan fingerprint density at radius 2 is 1.79 bits per heavy atom. The van der Waals surface area contributed by atoms with Crippen molar-refractivity contribution in [2.75, 3.05) is 6.26 Å². The van der Waals surface area contributed by atoms with Crippen molar-refractivity contribution in [2.24, 2.45) is 0 Å². The van der Waals surface area contributed by atoms with Crippen molar-refractivity contribution in [1.82, 2.24) is 10.3 Å². The molecule has 0 aliphatic carbocycles. The van der Waals surface area contributed by atoms with Crippen LogP contribution in [0.1, 0.15) is 15.9 Å². The van der Waals surface area contributed by atoms with Gasteiger partial charge in [-0.05, 0) is 42.5 Å². The monoisotopic (exact) mass is 544 g/mol. The Balaban J connectivity index is 1.63. The van der Waals surface area contributed by atoms with Gasteiger partial charge in [-0.25, -0.2) is 13.4 Å². The van der Waals surface area contributed by atoms with Gasteiger partial charge in [-0.1, -0.05) is 22.0 Å². The summed E-state index contributed by atoms with van der Waals surface area (Å²) in [5, 5.41) is 2.51. The molecule has 174 valence electrons. The Morgan fingerprint density at radius 1 is 1.09 bits per heavy atom. The van der Waals surface area contributed by atoms with Crippen molar-refractivity contribution in [3.05, 3.63) is 76.4 Å². The first kappa shape index (κ1) is 24.5. The second-order valence-electron chi connectivity index (χ2n) is 6.71. The molecule has 0 fully saturated rings. The molecule has 1 N–H and O–H groups in total. The molecule has 0 spiro atoms. The van der Waals surface area contributed by atoms with E-state index in [2.05, 4.69) is 31.0 Å². The van der Waals surface area contributed by atoms with E-state index >= 15 is 0 Å². The minimum Gasteiger partial charge on any atom is -0.439 e. The number of nitrogens with zero attached hydrogens (tertiary/aromatic N) is 1. The van der Waals surface area contributed by atoms with E-state index in [0.29, 0.717) is 10.2 Å². The van der Waals surface area contributed by atoms with Gasteiger partial charge in [0.05, 0.1) is 10.5 Å². The number of halogens is 4. The second-order valence-corrected chi connectivity index (χ2v) is 9.64. The smallest absolute Gasteiger partial charge is 0.439 e. The van der Waals surface area contributed by atoms with E-state index in [1.54, 1.807) is 0 Å². The van der Waals surface area contributed by atoms with Crippen molar-refractivity contribution < 1.29 is 35.9 Å². The number of aromatic nitrogens is 1. The van der Waals surface area contributed by atoms with E-state index in [9.17, 15) is 26.4 Å². The molecule has 0 bridgehead atoms. The molecule has 33 heavy (non-hydrogen) atoms. The lowest BCUT2D eigenvalue weighted by Gasteiger charge is -2.14. The minimum atomic E-state index is -4.87. The molecule has 0 saturated carbocycles. The molecule has 0 atom stereocenters. The number of benzene rings is 2. The van der Waals surface area contributed by atoms with Gasteiger partial charge in [0.1, 0.15) is 11.5 Å². The van der Waals surface area contributed by atoms with Gasteiger partial charge in [0.2, 0.25) is 5.88 Å². The van der Waals surface area contributed by atoms with Gasteiger partial charge < -0.3 is 14.8 Å². The van der Waals surface area contributed by atoms with Crippen LogP contribution in [0.15, 0.2) is 70.2 Å². The molecule has 1 amide bonds. The number of amides is 1. The Kier molecular flexibility index (Phi) is 7.28. The topological polar surface area (TPSA) is 94.6 Å². The van der Waals surface area contributed by atoms with E-state index in [1.807, 2.05) is 0 Å². The summed E-state index contributed by atoms with van der Waals surface area (Å²) in [5.74, 6) is -0.486. The van der Waals surface area contributed by atoms with Crippen LogP contribution in [-0.2, 0) is 16.4 Å². The molecule has 3 aromatic rings. The molecule has 3 rings (SSSR count). The molecule has 0 saturated heterocycles. The normalized spacial score (nSPS) is 11.7. The zero-order valence-electron chi connectivity index (χ0n) is 16.9. The first-order valence-electron chi connectivity index (χ1n) is 9.17. The van der Waals surface area contributed by atoms with Crippen LogP contribution in [-0.4, -0.2) is 31.9 Å². The van der Waals surface area contributed by atoms with Crippen LogP contribution >= 0.6 is 15.9 Å². The zero-order chi connectivity index (χ0) is 24.2. The summed E-state index contributed by atoms with van der Waals surface area (Å²) < 4.78 is 70.7. The second kappa shape index (κ2) is 9.79. The number of hydrogen-bond acceptors (Lipinski definition) is 6. The highest BCUT2D eigenvalue weighted by atomic mass is 79.9. The van der Waals surface area contributed by atoms with Crippen LogP contribution in [0.4, 0.5) is 13.2 Å². The van der Waals surface area contributed by atoms with Crippen molar-refractivity contribution in [3.63, 3.8) is 0 Å². The van der Waals surface area contributed by atoms with E-state index in [-0.39, 0.29) is 28.4 Å². The summed E-state index contributed by atoms with van der Waals surface area (Å²) >= 11 is 3.08. The summed E-state index contributed by atoms with van der Waals surface area (Å²) in [7, 11) is -3.33. The Morgan fingerprint density at radius 3 is 2.36 bits per heavy atom. The summed E-state index contributed by atoms with van der Waals surface area (Å²) in [4.78, 5) is 16.5. The molecular weight excluding hydrogens is 529 g/mol. The summed E-state index contributed by atoms with van der Waals surface area (Å²) in [6.07, 6.45) is -2.54. The summed E-state index contributed by atoms with van der Waals surface area (Å²) in [5.41, 5.74) is 0.291. The number of alkyl halides is 3. The first-order valence-corrected chi connectivity index (χ1v) is 11.9. The number of sulfone groups is 1. The Labute approximate surface area is 195 Å². The Hall–Kier alpha value is -3.12. The van der Waals surface area contributed by atoms with Gasteiger partial charge in [-0.2, -0.15) is 0 Å². The fourth-order valence-corrected chi connectivity index (χ4v) is 3.59. The molecule has 0 radical (unpaired) electrons. The predicted octanol–water partition coefficient (Wildman–Crippen LogP) is 4.87. The van der Waals surface area contributed by atoms with Gasteiger partial charge in [0.25, 0.3) is 5.91 Å². The quantitative estimate of drug-likeness (QED) is 0.456. The maximum atomic E-state index is 12.6. The third-order valence-electron chi connectivity index (χ3n) is 4.17. The van der Waals surface area contributed by atoms with Crippen LogP contribution in [0, 0.1) is 0 Å². The van der Waals surface area contributed by atoms with Gasteiger partial charge in [0, 0.05) is 35.1 Å². The maximum Gasteiger partial charge on any atom is 0.573 e. The predicted molar refractivity (Wildman–Crippen MR) is 116 cm³/mol. The fourth-order valence-electron chi connectivity index (χ4n) is 2.62. The van der Waals surface area contributed by atoms with E-state index in [1.165, 1.54) is 54.7 Å². The van der Waals surface area contributed by atoms with Crippen LogP contribution in [0.5, 0.6) is 17.4 Å². The number of rotatable bonds is 7. The highest BCUT2D eigenvalue weighted by Crippen LogP contribution is 2.29. The van der Waals surface area contributed by atoms with Crippen molar-refractivity contribution in [1.29, 1.82) is 0 Å². The third-order valence-corrected chi connectivity index (χ3v) is 5.79. The largest absolute Gasteiger partial charge is 0.573 e. The molecule has 0 aliphatic heterocycles. The fraction of sp³-hybridized carbons (Fsp3) is 0.143. The van der Waals surface area contributed by atoms with E-state index < -0.39 is 27.9 Å². The number of nitrogens with one attached hydrogen (secondary N) is 1. The Bertz CT molecular complexity index is 1250. The number of pyridine rings is 1. The van der Waals surface area contributed by atoms with E-state index in [0.717, 1.165) is 12.3 Å².